The third-order valence-corrected chi connectivity index (χ3v) is 3.61. The molecule has 5 heteroatoms. The van der Waals surface area contributed by atoms with E-state index in [1.54, 1.807) is 12.5 Å². The number of aromatic nitrogens is 2. The number of amides is 1. The van der Waals surface area contributed by atoms with Crippen molar-refractivity contribution in [1.82, 2.24) is 15.3 Å². The van der Waals surface area contributed by atoms with Gasteiger partial charge >= 0.3 is 0 Å². The van der Waals surface area contributed by atoms with Crippen molar-refractivity contribution in [2.24, 2.45) is 5.73 Å². The van der Waals surface area contributed by atoms with E-state index in [1.807, 2.05) is 18.2 Å². The molecule has 112 valence electrons. The van der Waals surface area contributed by atoms with Crippen molar-refractivity contribution in [3.8, 4) is 0 Å². The Hall–Kier alpha value is -2.66. The zero-order chi connectivity index (χ0) is 15.4. The number of H-pyrrole nitrogens is 1. The van der Waals surface area contributed by atoms with E-state index in [9.17, 15) is 4.79 Å². The molecule has 1 heterocycles. The fourth-order valence-electron chi connectivity index (χ4n) is 2.39. The van der Waals surface area contributed by atoms with Crippen LogP contribution in [0, 0.1) is 0 Å². The molecule has 0 fully saturated rings. The maximum Gasteiger partial charge on any atom is 0.237 e. The lowest BCUT2D eigenvalue weighted by atomic mass is 10.1. The highest BCUT2D eigenvalue weighted by Crippen LogP contribution is 2.15. The largest absolute Gasteiger partial charge is 0.351 e. The highest BCUT2D eigenvalue weighted by Gasteiger charge is 2.14. The van der Waals surface area contributed by atoms with Crippen LogP contribution in [0.5, 0.6) is 0 Å². The number of hydrogen-bond donors (Lipinski definition) is 3. The van der Waals surface area contributed by atoms with E-state index >= 15 is 0 Å². The minimum atomic E-state index is -0.582. The van der Waals surface area contributed by atoms with E-state index in [0.29, 0.717) is 13.0 Å². The molecule has 0 radical (unpaired) electrons. The van der Waals surface area contributed by atoms with Crippen LogP contribution in [0.2, 0.25) is 0 Å². The molecule has 0 aliphatic heterocycles. The molecule has 0 bridgehead atoms. The number of benzene rings is 2. The molecule has 2 aromatic carbocycles. The molecule has 22 heavy (non-hydrogen) atoms. The molecule has 3 rings (SSSR count). The second-order valence-corrected chi connectivity index (χ2v) is 5.29. The van der Waals surface area contributed by atoms with Crippen molar-refractivity contribution >= 4 is 16.7 Å². The maximum absolute atomic E-state index is 12.0. The fraction of sp³-hybridized carbons (Fsp3) is 0.176. The number of carbonyl (C=O) groups excluding carboxylic acids is 1. The molecule has 5 nitrogen and oxygen atoms in total. The molecular formula is C17H18N4O. The van der Waals surface area contributed by atoms with Gasteiger partial charge < -0.3 is 16.0 Å². The maximum atomic E-state index is 12.0. The molecule has 0 spiro atoms. The summed E-state index contributed by atoms with van der Waals surface area (Å²) in [5, 5.41) is 5.23. The number of carbonyl (C=O) groups is 1. The number of rotatable bonds is 5. The van der Waals surface area contributed by atoms with Gasteiger partial charge in [0, 0.05) is 24.9 Å². The quantitative estimate of drug-likeness (QED) is 0.670. The first kappa shape index (κ1) is 14.3. The Kier molecular flexibility index (Phi) is 4.16. The Morgan fingerprint density at radius 2 is 2.05 bits per heavy atom. The van der Waals surface area contributed by atoms with E-state index in [4.69, 9.17) is 5.73 Å². The summed E-state index contributed by atoms with van der Waals surface area (Å²) < 4.78 is 0. The van der Waals surface area contributed by atoms with Gasteiger partial charge in [0.15, 0.2) is 0 Å². The van der Waals surface area contributed by atoms with Crippen LogP contribution in [0.15, 0.2) is 55.0 Å². The molecule has 4 N–H and O–H groups in total. The summed E-state index contributed by atoms with van der Waals surface area (Å²) in [6, 6.07) is 13.7. The predicted octanol–water partition coefficient (Wildman–Crippen LogP) is 1.75. The zero-order valence-corrected chi connectivity index (χ0v) is 12.1. The molecule has 0 aliphatic rings. The Labute approximate surface area is 128 Å². The van der Waals surface area contributed by atoms with Crippen LogP contribution >= 0.6 is 0 Å². The minimum absolute atomic E-state index is 0.164. The van der Waals surface area contributed by atoms with Crippen LogP contribution in [-0.4, -0.2) is 21.9 Å². The summed E-state index contributed by atoms with van der Waals surface area (Å²) in [6.07, 6.45) is 3.70. The summed E-state index contributed by atoms with van der Waals surface area (Å²) in [5.41, 5.74) is 7.81. The molecule has 0 aliphatic carbocycles. The summed E-state index contributed by atoms with van der Waals surface area (Å²) in [5.74, 6) is -0.164. The smallest absolute Gasteiger partial charge is 0.237 e. The molecule has 1 atom stereocenters. The van der Waals surface area contributed by atoms with Gasteiger partial charge in [-0.05, 0) is 22.4 Å². The number of hydrogen-bond acceptors (Lipinski definition) is 3. The summed E-state index contributed by atoms with van der Waals surface area (Å²) in [4.78, 5) is 18.9. The van der Waals surface area contributed by atoms with Gasteiger partial charge in [-0.25, -0.2) is 4.98 Å². The van der Waals surface area contributed by atoms with Crippen molar-refractivity contribution in [3.05, 3.63) is 66.2 Å². The first-order chi connectivity index (χ1) is 10.7. The number of nitrogens with one attached hydrogen (secondary N) is 2. The zero-order valence-electron chi connectivity index (χ0n) is 12.1. The first-order valence-corrected chi connectivity index (χ1v) is 7.20. The standard InChI is InChI=1S/C17H18N4O/c18-16(8-15-10-19-11-21-15)17(22)20-9-12-5-6-13-3-1-2-4-14(13)7-12/h1-7,10-11,16H,8-9,18H2,(H,19,21)(H,20,22)/t16-/m1/s1. The van der Waals surface area contributed by atoms with Crippen molar-refractivity contribution in [3.63, 3.8) is 0 Å². The summed E-state index contributed by atoms with van der Waals surface area (Å²) in [7, 11) is 0. The molecule has 0 saturated heterocycles. The van der Waals surface area contributed by atoms with Crippen LogP contribution in [0.25, 0.3) is 10.8 Å². The minimum Gasteiger partial charge on any atom is -0.351 e. The van der Waals surface area contributed by atoms with Gasteiger partial charge in [0.2, 0.25) is 5.91 Å². The van der Waals surface area contributed by atoms with Gasteiger partial charge in [0.25, 0.3) is 0 Å². The Morgan fingerprint density at radius 1 is 1.23 bits per heavy atom. The van der Waals surface area contributed by atoms with Crippen LogP contribution in [0.4, 0.5) is 0 Å². The summed E-state index contributed by atoms with van der Waals surface area (Å²) in [6.45, 7) is 0.473. The number of fused-ring (bicyclic) bond motifs is 1. The number of nitrogens with zero attached hydrogens (tertiary/aromatic N) is 1. The molecule has 0 unspecified atom stereocenters. The molecular weight excluding hydrogens is 276 g/mol. The van der Waals surface area contributed by atoms with Crippen molar-refractivity contribution in [1.29, 1.82) is 0 Å². The fourth-order valence-corrected chi connectivity index (χ4v) is 2.39. The lowest BCUT2D eigenvalue weighted by molar-refractivity contribution is -0.122. The normalized spacial score (nSPS) is 12.2. The molecule has 0 saturated carbocycles. The van der Waals surface area contributed by atoms with Gasteiger partial charge in [-0.3, -0.25) is 4.79 Å². The monoisotopic (exact) mass is 294 g/mol. The Bertz CT molecular complexity index is 767. The average molecular weight is 294 g/mol. The van der Waals surface area contributed by atoms with E-state index in [0.717, 1.165) is 16.6 Å². The molecule has 3 aromatic rings. The Balaban J connectivity index is 1.59. The van der Waals surface area contributed by atoms with Gasteiger partial charge in [-0.2, -0.15) is 0 Å². The van der Waals surface area contributed by atoms with Crippen LogP contribution in [0.1, 0.15) is 11.3 Å². The lowest BCUT2D eigenvalue weighted by Gasteiger charge is -2.11. The van der Waals surface area contributed by atoms with Crippen LogP contribution < -0.4 is 11.1 Å². The third kappa shape index (κ3) is 3.32. The first-order valence-electron chi connectivity index (χ1n) is 7.20. The average Bonchev–Trinajstić information content (AvgIpc) is 3.05. The third-order valence-electron chi connectivity index (χ3n) is 3.61. The second-order valence-electron chi connectivity index (χ2n) is 5.29. The van der Waals surface area contributed by atoms with Crippen molar-refractivity contribution < 1.29 is 4.79 Å². The van der Waals surface area contributed by atoms with E-state index in [2.05, 4.69) is 39.6 Å². The van der Waals surface area contributed by atoms with E-state index in [-0.39, 0.29) is 5.91 Å². The Morgan fingerprint density at radius 3 is 2.82 bits per heavy atom. The highest BCUT2D eigenvalue weighted by molar-refractivity contribution is 5.84. The van der Waals surface area contributed by atoms with E-state index < -0.39 is 6.04 Å². The van der Waals surface area contributed by atoms with Crippen LogP contribution in [-0.2, 0) is 17.8 Å². The topological polar surface area (TPSA) is 83.8 Å². The predicted molar refractivity (Wildman–Crippen MR) is 86.1 cm³/mol. The number of aromatic amines is 1. The van der Waals surface area contributed by atoms with E-state index in [1.165, 1.54) is 5.39 Å². The molecule has 1 amide bonds. The van der Waals surface area contributed by atoms with Gasteiger partial charge in [-0.1, -0.05) is 36.4 Å². The van der Waals surface area contributed by atoms with Crippen LogP contribution in [0.3, 0.4) is 0 Å². The van der Waals surface area contributed by atoms with Gasteiger partial charge in [-0.15, -0.1) is 0 Å². The van der Waals surface area contributed by atoms with Gasteiger partial charge in [0.1, 0.15) is 0 Å². The van der Waals surface area contributed by atoms with Crippen molar-refractivity contribution in [2.75, 3.05) is 0 Å². The number of nitrogens with two attached hydrogens (primary N) is 1. The highest BCUT2D eigenvalue weighted by atomic mass is 16.2. The summed E-state index contributed by atoms with van der Waals surface area (Å²) >= 11 is 0. The van der Waals surface area contributed by atoms with Crippen molar-refractivity contribution in [2.45, 2.75) is 19.0 Å². The lowest BCUT2D eigenvalue weighted by Crippen LogP contribution is -2.41. The van der Waals surface area contributed by atoms with Gasteiger partial charge in [0.05, 0.1) is 12.4 Å². The molecule has 1 aromatic heterocycles. The SMILES string of the molecule is N[C@H](Cc1cnc[nH]1)C(=O)NCc1ccc2ccccc2c1. The second kappa shape index (κ2) is 6.41. The number of imidazole rings is 1.